The lowest BCUT2D eigenvalue weighted by Gasteiger charge is -2.23. The van der Waals surface area contributed by atoms with Crippen LogP contribution in [0, 0.1) is 0 Å². The SMILES string of the molecule is CC(C)(N)C(=O)N[C@H](COCc1ccc2ccccc2n1)c1nnc2ccc(Cl)cn12. The lowest BCUT2D eigenvalue weighted by molar-refractivity contribution is -0.126. The highest BCUT2D eigenvalue weighted by atomic mass is 35.5. The van der Waals surface area contributed by atoms with E-state index < -0.39 is 11.6 Å². The van der Waals surface area contributed by atoms with Gasteiger partial charge in [-0.3, -0.25) is 14.2 Å². The second kappa shape index (κ2) is 8.58. The van der Waals surface area contributed by atoms with E-state index in [-0.39, 0.29) is 19.1 Å². The van der Waals surface area contributed by atoms with Crippen LogP contribution in [0.25, 0.3) is 16.6 Å². The summed E-state index contributed by atoms with van der Waals surface area (Å²) in [5, 5.41) is 12.9. The van der Waals surface area contributed by atoms with Gasteiger partial charge in [-0.25, -0.2) is 0 Å². The molecule has 9 heteroatoms. The summed E-state index contributed by atoms with van der Waals surface area (Å²) in [6.45, 7) is 3.71. The quantitative estimate of drug-likeness (QED) is 0.459. The molecular formula is C22H23ClN6O2. The smallest absolute Gasteiger partial charge is 0.240 e. The Morgan fingerprint density at radius 3 is 2.81 bits per heavy atom. The maximum absolute atomic E-state index is 12.6. The van der Waals surface area contributed by atoms with Crippen molar-refractivity contribution in [1.29, 1.82) is 0 Å². The molecule has 1 aromatic carbocycles. The standard InChI is InChI=1S/C22H23ClN6O2/c1-22(2,24)21(30)26-18(20-28-27-19-10-8-15(23)11-29(19)20)13-31-12-16-9-7-14-5-3-4-6-17(14)25-16/h3-11,18H,12-13,24H2,1-2H3,(H,26,30)/t18-/m1/s1. The lowest BCUT2D eigenvalue weighted by atomic mass is 10.1. The first-order valence-corrected chi connectivity index (χ1v) is 10.2. The van der Waals surface area contributed by atoms with E-state index in [1.54, 1.807) is 36.6 Å². The number of pyridine rings is 2. The fraction of sp³-hybridized carbons (Fsp3) is 0.273. The third-order valence-electron chi connectivity index (χ3n) is 4.79. The van der Waals surface area contributed by atoms with Crippen LogP contribution in [0.5, 0.6) is 0 Å². The first-order chi connectivity index (χ1) is 14.8. The van der Waals surface area contributed by atoms with E-state index in [0.29, 0.717) is 16.5 Å². The third kappa shape index (κ3) is 4.82. The van der Waals surface area contributed by atoms with Crippen molar-refractivity contribution >= 4 is 34.1 Å². The van der Waals surface area contributed by atoms with Crippen LogP contribution in [0.3, 0.4) is 0 Å². The molecule has 31 heavy (non-hydrogen) atoms. The Hall–Kier alpha value is -3.07. The molecule has 1 amide bonds. The molecule has 3 heterocycles. The van der Waals surface area contributed by atoms with Crippen LogP contribution in [0.15, 0.2) is 54.7 Å². The number of fused-ring (bicyclic) bond motifs is 2. The summed E-state index contributed by atoms with van der Waals surface area (Å²) >= 11 is 6.14. The van der Waals surface area contributed by atoms with Crippen LogP contribution >= 0.6 is 11.6 Å². The lowest BCUT2D eigenvalue weighted by Crippen LogP contribution is -2.50. The number of carbonyl (C=O) groups is 1. The van der Waals surface area contributed by atoms with Gasteiger partial charge >= 0.3 is 0 Å². The zero-order chi connectivity index (χ0) is 22.0. The number of nitrogens with one attached hydrogen (secondary N) is 1. The fourth-order valence-electron chi connectivity index (χ4n) is 3.12. The van der Waals surface area contributed by atoms with Crippen molar-refractivity contribution in [1.82, 2.24) is 24.9 Å². The van der Waals surface area contributed by atoms with Gasteiger partial charge in [0, 0.05) is 11.6 Å². The number of rotatable bonds is 7. The summed E-state index contributed by atoms with van der Waals surface area (Å²) in [4.78, 5) is 17.2. The number of ether oxygens (including phenoxy) is 1. The van der Waals surface area contributed by atoms with E-state index in [4.69, 9.17) is 22.1 Å². The molecule has 0 saturated heterocycles. The van der Waals surface area contributed by atoms with Gasteiger partial charge in [0.1, 0.15) is 6.04 Å². The van der Waals surface area contributed by atoms with Gasteiger partial charge in [0.05, 0.1) is 35.0 Å². The normalized spacial score (nSPS) is 12.9. The number of amides is 1. The number of hydrogen-bond donors (Lipinski definition) is 2. The van der Waals surface area contributed by atoms with Crippen LogP contribution in [-0.2, 0) is 16.1 Å². The van der Waals surface area contributed by atoms with Gasteiger partial charge < -0.3 is 15.8 Å². The Morgan fingerprint density at radius 2 is 2.00 bits per heavy atom. The Balaban J connectivity index is 1.55. The number of aromatic nitrogens is 4. The molecule has 0 saturated carbocycles. The Morgan fingerprint density at radius 1 is 1.19 bits per heavy atom. The van der Waals surface area contributed by atoms with Crippen molar-refractivity contribution < 1.29 is 9.53 Å². The number of nitrogens with two attached hydrogens (primary N) is 1. The van der Waals surface area contributed by atoms with E-state index in [0.717, 1.165) is 16.6 Å². The molecule has 1 atom stereocenters. The number of nitrogens with zero attached hydrogens (tertiary/aromatic N) is 4. The van der Waals surface area contributed by atoms with Crippen molar-refractivity contribution in [2.75, 3.05) is 6.61 Å². The number of carbonyl (C=O) groups excluding carboxylic acids is 1. The fourth-order valence-corrected chi connectivity index (χ4v) is 3.28. The molecular weight excluding hydrogens is 416 g/mol. The number of para-hydroxylation sites is 1. The average molecular weight is 439 g/mol. The van der Waals surface area contributed by atoms with Crippen molar-refractivity contribution in [3.63, 3.8) is 0 Å². The Bertz CT molecular complexity index is 1230. The van der Waals surface area contributed by atoms with Crippen molar-refractivity contribution in [3.05, 3.63) is 71.3 Å². The minimum absolute atomic E-state index is 0.156. The minimum Gasteiger partial charge on any atom is -0.373 e. The second-order valence-corrected chi connectivity index (χ2v) is 8.33. The maximum Gasteiger partial charge on any atom is 0.240 e. The summed E-state index contributed by atoms with van der Waals surface area (Å²) in [5.74, 6) is 0.172. The molecule has 0 aliphatic heterocycles. The number of hydrogen-bond acceptors (Lipinski definition) is 6. The average Bonchev–Trinajstić information content (AvgIpc) is 3.15. The van der Waals surface area contributed by atoms with Crippen molar-refractivity contribution in [2.45, 2.75) is 32.0 Å². The Labute approximate surface area is 184 Å². The highest BCUT2D eigenvalue weighted by Gasteiger charge is 2.28. The summed E-state index contributed by atoms with van der Waals surface area (Å²) in [6.07, 6.45) is 1.70. The monoisotopic (exact) mass is 438 g/mol. The predicted octanol–water partition coefficient (Wildman–Crippen LogP) is 3.04. The molecule has 4 aromatic rings. The summed E-state index contributed by atoms with van der Waals surface area (Å²) in [7, 11) is 0. The van der Waals surface area contributed by atoms with Gasteiger partial charge in [-0.1, -0.05) is 35.9 Å². The van der Waals surface area contributed by atoms with E-state index >= 15 is 0 Å². The van der Waals surface area contributed by atoms with Crippen molar-refractivity contribution in [2.24, 2.45) is 5.73 Å². The highest BCUT2D eigenvalue weighted by molar-refractivity contribution is 6.30. The highest BCUT2D eigenvalue weighted by Crippen LogP contribution is 2.18. The van der Waals surface area contributed by atoms with Crippen LogP contribution in [0.2, 0.25) is 5.02 Å². The summed E-state index contributed by atoms with van der Waals surface area (Å²) in [6, 6.07) is 14.7. The Kier molecular flexibility index (Phi) is 5.86. The van der Waals surface area contributed by atoms with Gasteiger partial charge in [0.15, 0.2) is 11.5 Å². The van der Waals surface area contributed by atoms with Crippen LogP contribution in [0.1, 0.15) is 31.4 Å². The summed E-state index contributed by atoms with van der Waals surface area (Å²) in [5.41, 5.74) is 7.21. The first kappa shape index (κ1) is 21.2. The van der Waals surface area contributed by atoms with E-state index in [1.165, 1.54) is 0 Å². The van der Waals surface area contributed by atoms with E-state index in [1.807, 2.05) is 36.4 Å². The second-order valence-electron chi connectivity index (χ2n) is 7.89. The molecule has 0 aliphatic rings. The molecule has 0 unspecified atom stereocenters. The molecule has 8 nitrogen and oxygen atoms in total. The molecule has 0 aliphatic carbocycles. The van der Waals surface area contributed by atoms with Crippen LogP contribution < -0.4 is 11.1 Å². The van der Waals surface area contributed by atoms with Gasteiger partial charge in [-0.05, 0) is 38.1 Å². The molecule has 0 fully saturated rings. The summed E-state index contributed by atoms with van der Waals surface area (Å²) < 4.78 is 7.65. The molecule has 160 valence electrons. The largest absolute Gasteiger partial charge is 0.373 e. The van der Waals surface area contributed by atoms with E-state index in [2.05, 4.69) is 20.5 Å². The molecule has 4 rings (SSSR count). The topological polar surface area (TPSA) is 107 Å². The maximum atomic E-state index is 12.6. The van der Waals surface area contributed by atoms with E-state index in [9.17, 15) is 4.79 Å². The molecule has 3 aromatic heterocycles. The van der Waals surface area contributed by atoms with Crippen LogP contribution in [0.4, 0.5) is 0 Å². The molecule has 3 N–H and O–H groups in total. The van der Waals surface area contributed by atoms with Gasteiger partial charge in [0.25, 0.3) is 0 Å². The molecule has 0 radical (unpaired) electrons. The molecule has 0 bridgehead atoms. The zero-order valence-corrected chi connectivity index (χ0v) is 18.0. The third-order valence-corrected chi connectivity index (χ3v) is 5.01. The first-order valence-electron chi connectivity index (χ1n) is 9.84. The minimum atomic E-state index is -1.06. The number of halogens is 1. The predicted molar refractivity (Wildman–Crippen MR) is 119 cm³/mol. The molecule has 0 spiro atoms. The van der Waals surface area contributed by atoms with Gasteiger partial charge in [-0.2, -0.15) is 0 Å². The van der Waals surface area contributed by atoms with Crippen LogP contribution in [-0.4, -0.2) is 37.6 Å². The van der Waals surface area contributed by atoms with Gasteiger partial charge in [-0.15, -0.1) is 10.2 Å². The number of benzene rings is 1. The van der Waals surface area contributed by atoms with Gasteiger partial charge in [0.2, 0.25) is 5.91 Å². The van der Waals surface area contributed by atoms with Crippen molar-refractivity contribution in [3.8, 4) is 0 Å². The zero-order valence-electron chi connectivity index (χ0n) is 17.2.